The highest BCUT2D eigenvalue weighted by Crippen LogP contribution is 2.15. The standard InChI is InChI=1S/C8H7ClN2S/c9-2-4-12-8-5-7(6-10)1-3-11-8/h1,3,5H,2,4H2. The van der Waals surface area contributed by atoms with Gasteiger partial charge in [-0.2, -0.15) is 5.26 Å². The van der Waals surface area contributed by atoms with Crippen molar-refractivity contribution >= 4 is 23.4 Å². The third kappa shape index (κ3) is 2.72. The molecule has 0 aliphatic carbocycles. The minimum absolute atomic E-state index is 0.600. The average molecular weight is 199 g/mol. The first-order chi connectivity index (χ1) is 5.86. The Balaban J connectivity index is 2.68. The van der Waals surface area contributed by atoms with Gasteiger partial charge >= 0.3 is 0 Å². The van der Waals surface area contributed by atoms with E-state index in [4.69, 9.17) is 16.9 Å². The molecule has 1 aromatic heterocycles. The molecular weight excluding hydrogens is 192 g/mol. The van der Waals surface area contributed by atoms with Crippen molar-refractivity contribution in [2.75, 3.05) is 11.6 Å². The van der Waals surface area contributed by atoms with Crippen molar-refractivity contribution in [3.05, 3.63) is 23.9 Å². The SMILES string of the molecule is N#Cc1ccnc(SCCCl)c1. The summed E-state index contributed by atoms with van der Waals surface area (Å²) in [6.07, 6.45) is 1.63. The van der Waals surface area contributed by atoms with Gasteiger partial charge in [0.05, 0.1) is 16.7 Å². The number of nitrogens with zero attached hydrogens (tertiary/aromatic N) is 2. The van der Waals surface area contributed by atoms with Gasteiger partial charge in [-0.15, -0.1) is 23.4 Å². The Kier molecular flexibility index (Phi) is 3.92. The fraction of sp³-hybridized carbons (Fsp3) is 0.250. The van der Waals surface area contributed by atoms with Crippen LogP contribution in [0.5, 0.6) is 0 Å². The van der Waals surface area contributed by atoms with Crippen molar-refractivity contribution in [3.63, 3.8) is 0 Å². The highest BCUT2D eigenvalue weighted by molar-refractivity contribution is 7.99. The van der Waals surface area contributed by atoms with Gasteiger partial charge in [-0.1, -0.05) is 0 Å². The molecule has 0 saturated heterocycles. The zero-order valence-corrected chi connectivity index (χ0v) is 7.90. The van der Waals surface area contributed by atoms with Gasteiger partial charge in [-0.05, 0) is 12.1 Å². The highest BCUT2D eigenvalue weighted by Gasteiger charge is 1.95. The number of hydrogen-bond acceptors (Lipinski definition) is 3. The van der Waals surface area contributed by atoms with Crippen molar-refractivity contribution in [3.8, 4) is 6.07 Å². The highest BCUT2D eigenvalue weighted by atomic mass is 35.5. The molecule has 4 heteroatoms. The van der Waals surface area contributed by atoms with E-state index in [1.807, 2.05) is 0 Å². The van der Waals surface area contributed by atoms with Crippen LogP contribution >= 0.6 is 23.4 Å². The van der Waals surface area contributed by atoms with Crippen LogP contribution in [0.15, 0.2) is 23.4 Å². The van der Waals surface area contributed by atoms with E-state index in [-0.39, 0.29) is 0 Å². The summed E-state index contributed by atoms with van der Waals surface area (Å²) in [7, 11) is 0. The molecule has 0 atom stereocenters. The molecule has 0 bridgehead atoms. The summed E-state index contributed by atoms with van der Waals surface area (Å²) >= 11 is 7.07. The van der Waals surface area contributed by atoms with Crippen LogP contribution in [0, 0.1) is 11.3 Å². The van der Waals surface area contributed by atoms with Crippen molar-refractivity contribution in [2.45, 2.75) is 5.03 Å². The third-order valence-electron chi connectivity index (χ3n) is 1.19. The summed E-state index contributed by atoms with van der Waals surface area (Å²) in [5.41, 5.74) is 0.641. The molecule has 62 valence electrons. The number of hydrogen-bond donors (Lipinski definition) is 0. The van der Waals surface area contributed by atoms with E-state index < -0.39 is 0 Å². The van der Waals surface area contributed by atoms with E-state index in [2.05, 4.69) is 11.1 Å². The Morgan fingerprint density at radius 3 is 3.17 bits per heavy atom. The monoisotopic (exact) mass is 198 g/mol. The van der Waals surface area contributed by atoms with E-state index in [0.29, 0.717) is 11.4 Å². The normalized spacial score (nSPS) is 9.33. The molecule has 0 unspecified atom stereocenters. The van der Waals surface area contributed by atoms with E-state index in [0.717, 1.165) is 10.8 Å². The zero-order valence-electron chi connectivity index (χ0n) is 6.33. The van der Waals surface area contributed by atoms with E-state index in [9.17, 15) is 0 Å². The largest absolute Gasteiger partial charge is 0.250 e. The molecular formula is C8H7ClN2S. The van der Waals surface area contributed by atoms with Crippen LogP contribution in [-0.4, -0.2) is 16.6 Å². The Bertz CT molecular complexity index is 295. The number of nitriles is 1. The Labute approximate surface area is 80.6 Å². The molecule has 0 aliphatic rings. The predicted octanol–water partition coefficient (Wildman–Crippen LogP) is 2.28. The van der Waals surface area contributed by atoms with Crippen molar-refractivity contribution < 1.29 is 0 Å². The molecule has 0 aromatic carbocycles. The molecule has 0 spiro atoms. The molecule has 12 heavy (non-hydrogen) atoms. The topological polar surface area (TPSA) is 36.7 Å². The molecule has 1 rings (SSSR count). The van der Waals surface area contributed by atoms with Crippen molar-refractivity contribution in [1.29, 1.82) is 5.26 Å². The molecule has 0 saturated carbocycles. The molecule has 0 aliphatic heterocycles. The van der Waals surface area contributed by atoms with Gasteiger partial charge in [-0.25, -0.2) is 4.98 Å². The first kappa shape index (κ1) is 9.37. The predicted molar refractivity (Wildman–Crippen MR) is 50.4 cm³/mol. The Morgan fingerprint density at radius 1 is 1.67 bits per heavy atom. The lowest BCUT2D eigenvalue weighted by atomic mass is 10.3. The molecule has 2 nitrogen and oxygen atoms in total. The first-order valence-corrected chi connectivity index (χ1v) is 4.93. The molecule has 1 heterocycles. The third-order valence-corrected chi connectivity index (χ3v) is 2.53. The number of rotatable bonds is 3. The van der Waals surface area contributed by atoms with Crippen LogP contribution in [0.3, 0.4) is 0 Å². The lowest BCUT2D eigenvalue weighted by molar-refractivity contribution is 1.12. The minimum Gasteiger partial charge on any atom is -0.250 e. The quantitative estimate of drug-likeness (QED) is 0.553. The van der Waals surface area contributed by atoms with Crippen LogP contribution in [0.4, 0.5) is 0 Å². The summed E-state index contributed by atoms with van der Waals surface area (Å²) in [5, 5.41) is 9.43. The first-order valence-electron chi connectivity index (χ1n) is 3.41. The summed E-state index contributed by atoms with van der Waals surface area (Å²) < 4.78 is 0. The number of halogens is 1. The fourth-order valence-corrected chi connectivity index (χ4v) is 1.56. The Hall–Kier alpha value is -0.720. The fourth-order valence-electron chi connectivity index (χ4n) is 0.701. The van der Waals surface area contributed by atoms with Crippen LogP contribution in [-0.2, 0) is 0 Å². The molecule has 0 amide bonds. The van der Waals surface area contributed by atoms with Crippen LogP contribution in [0.1, 0.15) is 5.56 Å². The van der Waals surface area contributed by atoms with Gasteiger partial charge in [0.1, 0.15) is 0 Å². The van der Waals surface area contributed by atoms with Gasteiger partial charge in [-0.3, -0.25) is 0 Å². The Morgan fingerprint density at radius 2 is 2.50 bits per heavy atom. The molecule has 1 aromatic rings. The summed E-state index contributed by atoms with van der Waals surface area (Å²) in [6, 6.07) is 5.50. The molecule has 0 radical (unpaired) electrons. The lowest BCUT2D eigenvalue weighted by Crippen LogP contribution is -1.84. The second kappa shape index (κ2) is 5.02. The van der Waals surface area contributed by atoms with E-state index >= 15 is 0 Å². The smallest absolute Gasteiger partial charge is 0.0993 e. The molecule has 0 N–H and O–H groups in total. The number of aromatic nitrogens is 1. The van der Waals surface area contributed by atoms with E-state index in [1.165, 1.54) is 0 Å². The second-order valence-corrected chi connectivity index (χ2v) is 3.53. The van der Waals surface area contributed by atoms with Gasteiger partial charge in [0, 0.05) is 17.8 Å². The lowest BCUT2D eigenvalue weighted by Gasteiger charge is -1.96. The average Bonchev–Trinajstić information content (AvgIpc) is 2.15. The van der Waals surface area contributed by atoms with E-state index in [1.54, 1.807) is 30.1 Å². The van der Waals surface area contributed by atoms with Crippen molar-refractivity contribution in [1.82, 2.24) is 4.98 Å². The maximum Gasteiger partial charge on any atom is 0.0993 e. The number of thioether (sulfide) groups is 1. The second-order valence-electron chi connectivity index (χ2n) is 2.03. The van der Waals surface area contributed by atoms with Gasteiger partial charge in [0.25, 0.3) is 0 Å². The number of pyridine rings is 1. The number of alkyl halides is 1. The summed E-state index contributed by atoms with van der Waals surface area (Å²) in [5.74, 6) is 1.42. The molecule has 0 fully saturated rings. The summed E-state index contributed by atoms with van der Waals surface area (Å²) in [4.78, 5) is 4.08. The maximum atomic E-state index is 8.57. The zero-order chi connectivity index (χ0) is 8.81. The van der Waals surface area contributed by atoms with Gasteiger partial charge < -0.3 is 0 Å². The van der Waals surface area contributed by atoms with Crippen LogP contribution in [0.2, 0.25) is 0 Å². The van der Waals surface area contributed by atoms with Crippen LogP contribution < -0.4 is 0 Å². The van der Waals surface area contributed by atoms with Crippen molar-refractivity contribution in [2.24, 2.45) is 0 Å². The summed E-state index contributed by atoms with van der Waals surface area (Å²) in [6.45, 7) is 0. The van der Waals surface area contributed by atoms with Crippen LogP contribution in [0.25, 0.3) is 0 Å². The minimum atomic E-state index is 0.600. The van der Waals surface area contributed by atoms with Gasteiger partial charge in [0.15, 0.2) is 0 Å². The maximum absolute atomic E-state index is 8.57. The van der Waals surface area contributed by atoms with Gasteiger partial charge in [0.2, 0.25) is 0 Å².